The predicted octanol–water partition coefficient (Wildman–Crippen LogP) is 0.889. The number of likely N-dealkylation sites (tertiary alicyclic amines) is 1. The second-order valence-electron chi connectivity index (χ2n) is 5.21. The molecule has 19 heavy (non-hydrogen) atoms. The van der Waals surface area contributed by atoms with Gasteiger partial charge in [0.15, 0.2) is 0 Å². The van der Waals surface area contributed by atoms with E-state index in [-0.39, 0.29) is 11.6 Å². The van der Waals surface area contributed by atoms with Crippen molar-refractivity contribution in [1.29, 1.82) is 0 Å². The summed E-state index contributed by atoms with van der Waals surface area (Å²) in [6.07, 6.45) is 4.49. The lowest BCUT2D eigenvalue weighted by atomic mass is 10.1. The number of carbonyl (C=O) groups excluding carboxylic acids is 1. The van der Waals surface area contributed by atoms with Crippen LogP contribution in [0.25, 0.3) is 0 Å². The van der Waals surface area contributed by atoms with Gasteiger partial charge in [-0.25, -0.2) is 0 Å². The van der Waals surface area contributed by atoms with Gasteiger partial charge in [-0.05, 0) is 19.3 Å². The van der Waals surface area contributed by atoms with Gasteiger partial charge in [0, 0.05) is 31.2 Å². The maximum Gasteiger partial charge on any atom is 0.287 e. The summed E-state index contributed by atoms with van der Waals surface area (Å²) in [6, 6.07) is 2.18. The highest BCUT2D eigenvalue weighted by molar-refractivity contribution is 5.93. The van der Waals surface area contributed by atoms with E-state index < -0.39 is 4.92 Å². The van der Waals surface area contributed by atoms with E-state index in [9.17, 15) is 14.9 Å². The highest BCUT2D eigenvalue weighted by Crippen LogP contribution is 2.22. The fourth-order valence-electron chi connectivity index (χ4n) is 2.91. The van der Waals surface area contributed by atoms with E-state index in [1.165, 1.54) is 18.7 Å². The van der Waals surface area contributed by atoms with Crippen LogP contribution >= 0.6 is 0 Å². The molecule has 2 saturated heterocycles. The van der Waals surface area contributed by atoms with Crippen LogP contribution in [0.1, 0.15) is 29.8 Å². The van der Waals surface area contributed by atoms with Crippen LogP contribution in [0.2, 0.25) is 0 Å². The summed E-state index contributed by atoms with van der Waals surface area (Å²) in [5.74, 6) is -0.151. The average Bonchev–Trinajstić information content (AvgIpc) is 2.95. The third kappa shape index (κ3) is 2.33. The van der Waals surface area contributed by atoms with Crippen molar-refractivity contribution >= 4 is 11.6 Å². The number of aromatic amines is 1. The van der Waals surface area contributed by atoms with Crippen LogP contribution in [0.3, 0.4) is 0 Å². The fraction of sp³-hybridized carbons (Fsp3) is 0.583. The summed E-state index contributed by atoms with van der Waals surface area (Å²) in [7, 11) is 0. The number of H-pyrrole nitrogens is 1. The molecule has 0 spiro atoms. The Labute approximate surface area is 110 Å². The molecule has 2 aliphatic rings. The third-order valence-electron chi connectivity index (χ3n) is 3.92. The molecule has 2 unspecified atom stereocenters. The monoisotopic (exact) mass is 264 g/mol. The molecule has 0 aromatic carbocycles. The van der Waals surface area contributed by atoms with Crippen molar-refractivity contribution in [1.82, 2.24) is 15.2 Å². The number of hydrogen-bond donors (Lipinski definition) is 2. The molecule has 0 saturated carbocycles. The molecule has 0 aliphatic carbocycles. The lowest BCUT2D eigenvalue weighted by Crippen LogP contribution is -2.39. The number of nitrogens with one attached hydrogen (secondary N) is 2. The molecular weight excluding hydrogens is 248 g/mol. The second-order valence-corrected chi connectivity index (χ2v) is 5.21. The number of fused-ring (bicyclic) bond motifs is 2. The Morgan fingerprint density at radius 3 is 2.89 bits per heavy atom. The molecule has 7 nitrogen and oxygen atoms in total. The van der Waals surface area contributed by atoms with Gasteiger partial charge < -0.3 is 15.2 Å². The van der Waals surface area contributed by atoms with E-state index in [0.717, 1.165) is 12.8 Å². The Morgan fingerprint density at radius 2 is 2.16 bits per heavy atom. The van der Waals surface area contributed by atoms with E-state index in [2.05, 4.69) is 10.3 Å². The summed E-state index contributed by atoms with van der Waals surface area (Å²) in [5, 5.41) is 14.1. The molecule has 2 N–H and O–H groups in total. The van der Waals surface area contributed by atoms with Crippen LogP contribution in [0.4, 0.5) is 5.69 Å². The van der Waals surface area contributed by atoms with Gasteiger partial charge in [-0.15, -0.1) is 0 Å². The minimum absolute atomic E-state index is 0.0715. The molecule has 2 bridgehead atoms. The van der Waals surface area contributed by atoms with Crippen LogP contribution < -0.4 is 5.32 Å². The third-order valence-corrected chi connectivity index (χ3v) is 3.92. The number of aromatic nitrogens is 1. The van der Waals surface area contributed by atoms with Crippen LogP contribution in [0, 0.1) is 10.1 Å². The van der Waals surface area contributed by atoms with Gasteiger partial charge in [-0.2, -0.15) is 0 Å². The van der Waals surface area contributed by atoms with Crippen molar-refractivity contribution < 1.29 is 9.72 Å². The molecule has 1 aromatic rings. The minimum Gasteiger partial charge on any atom is -0.351 e. The molecule has 102 valence electrons. The molecule has 0 radical (unpaired) electrons. The number of rotatable bonds is 2. The van der Waals surface area contributed by atoms with Crippen LogP contribution in [0.15, 0.2) is 12.3 Å². The topological polar surface area (TPSA) is 91.3 Å². The van der Waals surface area contributed by atoms with Crippen LogP contribution in [-0.2, 0) is 0 Å². The van der Waals surface area contributed by atoms with Crippen LogP contribution in [0.5, 0.6) is 0 Å². The van der Waals surface area contributed by atoms with E-state index in [4.69, 9.17) is 0 Å². The number of nitro groups is 1. The lowest BCUT2D eigenvalue weighted by Gasteiger charge is -2.23. The maximum absolute atomic E-state index is 12.3. The molecule has 2 aliphatic heterocycles. The maximum atomic E-state index is 12.3. The fourth-order valence-corrected chi connectivity index (χ4v) is 2.91. The molecule has 2 atom stereocenters. The first-order valence-corrected chi connectivity index (χ1v) is 6.51. The second kappa shape index (κ2) is 4.65. The van der Waals surface area contributed by atoms with Gasteiger partial charge in [0.05, 0.1) is 11.1 Å². The van der Waals surface area contributed by atoms with E-state index >= 15 is 0 Å². The smallest absolute Gasteiger partial charge is 0.287 e. The molecule has 3 heterocycles. The lowest BCUT2D eigenvalue weighted by molar-refractivity contribution is -0.384. The Bertz CT molecular complexity index is 513. The quantitative estimate of drug-likeness (QED) is 0.613. The van der Waals surface area contributed by atoms with Crippen molar-refractivity contribution in [2.75, 3.05) is 13.1 Å². The van der Waals surface area contributed by atoms with E-state index in [1.54, 1.807) is 4.90 Å². The molecule has 1 aromatic heterocycles. The van der Waals surface area contributed by atoms with Crippen LogP contribution in [-0.4, -0.2) is 45.9 Å². The highest BCUT2D eigenvalue weighted by atomic mass is 16.6. The Kier molecular flexibility index (Phi) is 2.98. The van der Waals surface area contributed by atoms with E-state index in [1.807, 2.05) is 0 Å². The minimum atomic E-state index is -0.501. The van der Waals surface area contributed by atoms with Crippen molar-refractivity contribution in [3.8, 4) is 0 Å². The van der Waals surface area contributed by atoms with Gasteiger partial charge >= 0.3 is 0 Å². The van der Waals surface area contributed by atoms with Gasteiger partial charge in [-0.1, -0.05) is 0 Å². The molecule has 2 fully saturated rings. The first-order valence-electron chi connectivity index (χ1n) is 6.51. The number of amides is 1. The molecular formula is C12H16N4O3. The Hall–Kier alpha value is -1.89. The first-order chi connectivity index (χ1) is 9.13. The summed E-state index contributed by atoms with van der Waals surface area (Å²) in [5.41, 5.74) is 0.224. The summed E-state index contributed by atoms with van der Waals surface area (Å²) < 4.78 is 0. The van der Waals surface area contributed by atoms with Crippen molar-refractivity contribution in [3.63, 3.8) is 0 Å². The van der Waals surface area contributed by atoms with Crippen molar-refractivity contribution in [3.05, 3.63) is 28.1 Å². The summed E-state index contributed by atoms with van der Waals surface area (Å²) >= 11 is 0. The van der Waals surface area contributed by atoms with Gasteiger partial charge in [0.25, 0.3) is 11.6 Å². The van der Waals surface area contributed by atoms with Crippen molar-refractivity contribution in [2.24, 2.45) is 0 Å². The number of carbonyl (C=O) groups is 1. The Balaban J connectivity index is 1.73. The molecule has 7 heteroatoms. The number of hydrogen-bond acceptors (Lipinski definition) is 4. The average molecular weight is 264 g/mol. The molecule has 3 rings (SSSR count). The van der Waals surface area contributed by atoms with E-state index in [0.29, 0.717) is 30.9 Å². The largest absolute Gasteiger partial charge is 0.351 e. The predicted molar refractivity (Wildman–Crippen MR) is 67.9 cm³/mol. The SMILES string of the molecule is O=C(c1cc([N+](=O)[O-])c[nH]1)N1CCC2CCC(C1)N2. The summed E-state index contributed by atoms with van der Waals surface area (Å²) in [4.78, 5) is 26.9. The number of nitrogens with zero attached hydrogens (tertiary/aromatic N) is 2. The van der Waals surface area contributed by atoms with Gasteiger partial charge in [-0.3, -0.25) is 14.9 Å². The normalized spacial score (nSPS) is 26.2. The van der Waals surface area contributed by atoms with Crippen molar-refractivity contribution in [2.45, 2.75) is 31.3 Å². The first kappa shape index (κ1) is 12.2. The zero-order valence-electron chi connectivity index (χ0n) is 10.5. The highest BCUT2D eigenvalue weighted by Gasteiger charge is 2.32. The Morgan fingerprint density at radius 1 is 1.37 bits per heavy atom. The molecule has 1 amide bonds. The zero-order chi connectivity index (χ0) is 13.4. The van der Waals surface area contributed by atoms with Gasteiger partial charge in [0.2, 0.25) is 0 Å². The zero-order valence-corrected chi connectivity index (χ0v) is 10.5. The summed E-state index contributed by atoms with van der Waals surface area (Å²) in [6.45, 7) is 1.39. The standard InChI is InChI=1S/C12H16N4O3/c17-12(11-5-10(6-13-11)16(18)19)15-4-3-8-1-2-9(7-15)14-8/h5-6,8-9,13-14H,1-4,7H2. The van der Waals surface area contributed by atoms with Gasteiger partial charge in [0.1, 0.15) is 5.69 Å².